The second-order valence-corrected chi connectivity index (χ2v) is 9.08. The van der Waals surface area contributed by atoms with Gasteiger partial charge in [-0.05, 0) is 36.1 Å². The lowest BCUT2D eigenvalue weighted by Gasteiger charge is -2.45. The molecule has 31 heavy (non-hydrogen) atoms. The molecular formula is C28H30N2O. The summed E-state index contributed by atoms with van der Waals surface area (Å²) >= 11 is 0. The van der Waals surface area contributed by atoms with Crippen LogP contribution in [-0.2, 0) is 18.5 Å². The first-order valence-corrected chi connectivity index (χ1v) is 11.3. The lowest BCUT2D eigenvalue weighted by Crippen LogP contribution is -2.58. The van der Waals surface area contributed by atoms with Gasteiger partial charge < -0.3 is 0 Å². The molecule has 1 fully saturated rings. The maximum atomic E-state index is 13.9. The minimum atomic E-state index is -0.579. The van der Waals surface area contributed by atoms with Crippen LogP contribution >= 0.6 is 0 Å². The van der Waals surface area contributed by atoms with Gasteiger partial charge in [-0.3, -0.25) is 14.6 Å². The third kappa shape index (κ3) is 3.52. The number of rotatable bonds is 4. The standard InChI is InChI=1S/C28H30N2O/c1-21-8-7-12-25(18-21)28(19-23-10-5-6-13-26(23)27(28)31)30-16-14-29(15-17-30)20-24-11-4-3-9-22(24)2/h3-13,18H,14-17,19-20H2,1-2H3. The summed E-state index contributed by atoms with van der Waals surface area (Å²) < 4.78 is 0. The number of Topliss-reactive ketones (excluding diaryl/α,β-unsaturated/α-hetero) is 1. The molecule has 158 valence electrons. The van der Waals surface area contributed by atoms with Crippen molar-refractivity contribution in [2.75, 3.05) is 26.2 Å². The average Bonchev–Trinajstić information content (AvgIpc) is 3.09. The third-order valence-electron chi connectivity index (χ3n) is 7.15. The van der Waals surface area contributed by atoms with Gasteiger partial charge in [0.1, 0.15) is 5.54 Å². The number of benzene rings is 3. The Balaban J connectivity index is 1.43. The van der Waals surface area contributed by atoms with Gasteiger partial charge in [-0.1, -0.05) is 78.4 Å². The Morgan fingerprint density at radius 3 is 2.32 bits per heavy atom. The molecule has 0 amide bonds. The molecule has 0 aromatic heterocycles. The van der Waals surface area contributed by atoms with Gasteiger partial charge >= 0.3 is 0 Å². The third-order valence-corrected chi connectivity index (χ3v) is 7.15. The molecule has 3 aromatic rings. The number of hydrogen-bond acceptors (Lipinski definition) is 3. The Hall–Kier alpha value is -2.75. The first-order valence-electron chi connectivity index (χ1n) is 11.3. The van der Waals surface area contributed by atoms with Crippen LogP contribution in [-0.4, -0.2) is 41.8 Å². The summed E-state index contributed by atoms with van der Waals surface area (Å²) in [6, 6.07) is 25.4. The molecule has 0 spiro atoms. The van der Waals surface area contributed by atoms with Gasteiger partial charge in [-0.25, -0.2) is 0 Å². The monoisotopic (exact) mass is 410 g/mol. The summed E-state index contributed by atoms with van der Waals surface area (Å²) in [5.74, 6) is 0.265. The quantitative estimate of drug-likeness (QED) is 0.620. The number of aryl methyl sites for hydroxylation is 2. The van der Waals surface area contributed by atoms with E-state index in [1.807, 2.05) is 12.1 Å². The smallest absolute Gasteiger partial charge is 0.188 e. The molecule has 1 aliphatic carbocycles. The van der Waals surface area contributed by atoms with Crippen molar-refractivity contribution in [2.24, 2.45) is 0 Å². The fourth-order valence-corrected chi connectivity index (χ4v) is 5.36. The molecule has 3 aromatic carbocycles. The van der Waals surface area contributed by atoms with Crippen LogP contribution in [0.1, 0.15) is 38.2 Å². The highest BCUT2D eigenvalue weighted by Gasteiger charge is 2.51. The summed E-state index contributed by atoms with van der Waals surface area (Å²) in [6.45, 7) is 9.04. The van der Waals surface area contributed by atoms with Gasteiger partial charge in [-0.2, -0.15) is 0 Å². The van der Waals surface area contributed by atoms with E-state index in [0.29, 0.717) is 0 Å². The second kappa shape index (κ2) is 8.07. The van der Waals surface area contributed by atoms with Crippen molar-refractivity contribution in [2.45, 2.75) is 32.4 Å². The Morgan fingerprint density at radius 2 is 1.58 bits per heavy atom. The lowest BCUT2D eigenvalue weighted by molar-refractivity contribution is 0.0288. The van der Waals surface area contributed by atoms with E-state index in [-0.39, 0.29) is 5.78 Å². The van der Waals surface area contributed by atoms with E-state index in [9.17, 15) is 4.79 Å². The number of hydrogen-bond donors (Lipinski definition) is 0. The van der Waals surface area contributed by atoms with Gasteiger partial charge in [0.05, 0.1) is 0 Å². The normalized spacial score (nSPS) is 21.9. The molecule has 1 heterocycles. The molecule has 0 saturated carbocycles. The molecule has 3 heteroatoms. The minimum absolute atomic E-state index is 0.265. The Kier molecular flexibility index (Phi) is 5.25. The fraction of sp³-hybridized carbons (Fsp3) is 0.321. The summed E-state index contributed by atoms with van der Waals surface area (Å²) in [5, 5.41) is 0. The molecule has 0 N–H and O–H groups in total. The van der Waals surface area contributed by atoms with Crippen molar-refractivity contribution in [1.29, 1.82) is 0 Å². The highest BCUT2D eigenvalue weighted by atomic mass is 16.1. The maximum absolute atomic E-state index is 13.9. The summed E-state index contributed by atoms with van der Waals surface area (Å²) in [5.41, 5.74) is 6.59. The van der Waals surface area contributed by atoms with Crippen molar-refractivity contribution in [3.8, 4) is 0 Å². The predicted molar refractivity (Wildman–Crippen MR) is 125 cm³/mol. The van der Waals surface area contributed by atoms with Crippen molar-refractivity contribution in [3.05, 3.63) is 106 Å². The average molecular weight is 411 g/mol. The first-order chi connectivity index (χ1) is 15.1. The van der Waals surface area contributed by atoms with Crippen LogP contribution in [0.15, 0.2) is 72.8 Å². The van der Waals surface area contributed by atoms with Crippen molar-refractivity contribution in [3.63, 3.8) is 0 Å². The number of carbonyl (C=O) groups is 1. The van der Waals surface area contributed by atoms with Gasteiger partial charge in [-0.15, -0.1) is 0 Å². The van der Waals surface area contributed by atoms with Crippen molar-refractivity contribution in [1.82, 2.24) is 9.80 Å². The Labute approximate surface area is 185 Å². The van der Waals surface area contributed by atoms with E-state index in [4.69, 9.17) is 0 Å². The van der Waals surface area contributed by atoms with Gasteiger partial charge in [0, 0.05) is 44.7 Å². The zero-order valence-electron chi connectivity index (χ0n) is 18.5. The Bertz CT molecular complexity index is 1110. The number of carbonyl (C=O) groups excluding carboxylic acids is 1. The van der Waals surface area contributed by atoms with E-state index in [0.717, 1.165) is 50.3 Å². The fourth-order valence-electron chi connectivity index (χ4n) is 5.36. The van der Waals surface area contributed by atoms with E-state index < -0.39 is 5.54 Å². The highest BCUT2D eigenvalue weighted by molar-refractivity contribution is 6.08. The van der Waals surface area contributed by atoms with Crippen LogP contribution in [0.4, 0.5) is 0 Å². The molecule has 0 radical (unpaired) electrons. The molecule has 0 bridgehead atoms. The molecule has 1 saturated heterocycles. The zero-order chi connectivity index (χ0) is 21.4. The number of nitrogens with zero attached hydrogens (tertiary/aromatic N) is 2. The predicted octanol–water partition coefficient (Wildman–Crippen LogP) is 4.76. The Morgan fingerprint density at radius 1 is 0.839 bits per heavy atom. The highest BCUT2D eigenvalue weighted by Crippen LogP contribution is 2.43. The summed E-state index contributed by atoms with van der Waals surface area (Å²) in [4.78, 5) is 18.9. The number of ketones is 1. The van der Waals surface area contributed by atoms with Gasteiger partial charge in [0.25, 0.3) is 0 Å². The van der Waals surface area contributed by atoms with E-state index in [1.54, 1.807) is 0 Å². The molecule has 3 nitrogen and oxygen atoms in total. The van der Waals surface area contributed by atoms with Crippen LogP contribution in [0.5, 0.6) is 0 Å². The molecule has 2 aliphatic rings. The topological polar surface area (TPSA) is 23.6 Å². The molecule has 5 rings (SSSR count). The summed E-state index contributed by atoms with van der Waals surface area (Å²) in [7, 11) is 0. The number of piperazine rings is 1. The van der Waals surface area contributed by atoms with E-state index in [2.05, 4.69) is 84.3 Å². The lowest BCUT2D eigenvalue weighted by atomic mass is 9.82. The van der Waals surface area contributed by atoms with Gasteiger partial charge in [0.2, 0.25) is 0 Å². The maximum Gasteiger partial charge on any atom is 0.188 e. The van der Waals surface area contributed by atoms with Crippen molar-refractivity contribution < 1.29 is 4.79 Å². The van der Waals surface area contributed by atoms with E-state index in [1.165, 1.54) is 22.3 Å². The van der Waals surface area contributed by atoms with Crippen LogP contribution in [0, 0.1) is 13.8 Å². The van der Waals surface area contributed by atoms with Crippen molar-refractivity contribution >= 4 is 5.78 Å². The van der Waals surface area contributed by atoms with Gasteiger partial charge in [0.15, 0.2) is 5.78 Å². The molecular weight excluding hydrogens is 380 g/mol. The van der Waals surface area contributed by atoms with Crippen LogP contribution in [0.2, 0.25) is 0 Å². The van der Waals surface area contributed by atoms with Crippen LogP contribution in [0.3, 0.4) is 0 Å². The summed E-state index contributed by atoms with van der Waals surface area (Å²) in [6.07, 6.45) is 0.767. The molecule has 1 atom stereocenters. The second-order valence-electron chi connectivity index (χ2n) is 9.08. The first kappa shape index (κ1) is 20.2. The largest absolute Gasteiger partial charge is 0.297 e. The number of fused-ring (bicyclic) bond motifs is 1. The zero-order valence-corrected chi connectivity index (χ0v) is 18.5. The van der Waals surface area contributed by atoms with Crippen LogP contribution in [0.25, 0.3) is 0 Å². The van der Waals surface area contributed by atoms with Crippen LogP contribution < -0.4 is 0 Å². The SMILES string of the molecule is Cc1cccc(C2(N3CCN(Cc4ccccc4C)CC3)Cc3ccccc3C2=O)c1. The molecule has 1 unspecified atom stereocenters. The van der Waals surface area contributed by atoms with E-state index >= 15 is 0 Å². The minimum Gasteiger partial charge on any atom is -0.297 e. The molecule has 1 aliphatic heterocycles.